The molecule has 1 heterocycles. The molecule has 0 spiro atoms. The Morgan fingerprint density at radius 3 is 2.48 bits per heavy atom. The van der Waals surface area contributed by atoms with Crippen LogP contribution in [0.25, 0.3) is 5.69 Å². The highest BCUT2D eigenvalue weighted by Crippen LogP contribution is 2.24. The fraction of sp³-hybridized carbons (Fsp3) is 0.200. The molecule has 0 aliphatic carbocycles. The molecule has 0 radical (unpaired) electrons. The number of aryl methyl sites for hydroxylation is 3. The molecule has 1 aromatic heterocycles. The second-order valence-corrected chi connectivity index (χ2v) is 6.36. The predicted octanol–water partition coefficient (Wildman–Crippen LogP) is 4.92. The second-order valence-electron chi connectivity index (χ2n) is 5.93. The third-order valence-corrected chi connectivity index (χ3v) is 4.20. The van der Waals surface area contributed by atoms with E-state index in [0.717, 1.165) is 23.4 Å². The molecular weight excluding hydrogens is 336 g/mol. The number of halogens is 1. The largest absolute Gasteiger partial charge is 0.404 e. The highest BCUT2D eigenvalue weighted by atomic mass is 35.5. The summed E-state index contributed by atoms with van der Waals surface area (Å²) in [5.41, 5.74) is 4.43. The van der Waals surface area contributed by atoms with Crippen LogP contribution in [0.4, 0.5) is 0 Å². The van der Waals surface area contributed by atoms with Crippen LogP contribution in [0.2, 0.25) is 5.02 Å². The fourth-order valence-corrected chi connectivity index (χ4v) is 2.74. The average molecular weight is 355 g/mol. The number of rotatable bonds is 4. The summed E-state index contributed by atoms with van der Waals surface area (Å²) in [5, 5.41) is 5.14. The Labute approximate surface area is 152 Å². The van der Waals surface area contributed by atoms with E-state index in [0.29, 0.717) is 16.5 Å². The first kappa shape index (κ1) is 17.2. The van der Waals surface area contributed by atoms with Gasteiger partial charge in [-0.15, -0.1) is 0 Å². The Bertz CT molecular complexity index is 914. The monoisotopic (exact) mass is 354 g/mol. The van der Waals surface area contributed by atoms with Gasteiger partial charge >= 0.3 is 5.97 Å². The molecule has 3 rings (SSSR count). The molecule has 0 aliphatic rings. The number of benzene rings is 2. The van der Waals surface area contributed by atoms with Gasteiger partial charge in [0.05, 0.1) is 16.9 Å². The summed E-state index contributed by atoms with van der Waals surface area (Å²) in [6.45, 7) is 6.07. The number of carbonyl (C=O) groups is 1. The van der Waals surface area contributed by atoms with Gasteiger partial charge in [-0.25, -0.2) is 9.48 Å². The van der Waals surface area contributed by atoms with Gasteiger partial charge in [0, 0.05) is 11.1 Å². The van der Waals surface area contributed by atoms with Gasteiger partial charge in [0.15, 0.2) is 0 Å². The molecule has 2 aromatic carbocycles. The maximum atomic E-state index is 12.4. The van der Waals surface area contributed by atoms with Crippen LogP contribution < -0.4 is 4.74 Å². The molecule has 0 saturated heterocycles. The smallest absolute Gasteiger partial charge is 0.344 e. The zero-order valence-corrected chi connectivity index (χ0v) is 15.2. The van der Waals surface area contributed by atoms with Gasteiger partial charge < -0.3 is 4.74 Å². The fourth-order valence-electron chi connectivity index (χ4n) is 2.61. The molecule has 25 heavy (non-hydrogen) atoms. The van der Waals surface area contributed by atoms with Crippen molar-refractivity contribution in [2.45, 2.75) is 27.2 Å². The number of hydrogen-bond donors (Lipinski definition) is 0. The van der Waals surface area contributed by atoms with E-state index in [1.807, 2.05) is 32.9 Å². The lowest BCUT2D eigenvalue weighted by Gasteiger charge is -2.11. The van der Waals surface area contributed by atoms with Crippen molar-refractivity contribution in [3.8, 4) is 11.6 Å². The van der Waals surface area contributed by atoms with Crippen LogP contribution in [0.3, 0.4) is 0 Å². The van der Waals surface area contributed by atoms with Crippen LogP contribution in [-0.2, 0) is 6.42 Å². The Morgan fingerprint density at radius 1 is 1.12 bits per heavy atom. The lowest BCUT2D eigenvalue weighted by atomic mass is 10.1. The summed E-state index contributed by atoms with van der Waals surface area (Å²) in [6.07, 6.45) is 0.753. The minimum atomic E-state index is -0.440. The molecule has 0 atom stereocenters. The summed E-state index contributed by atoms with van der Waals surface area (Å²) >= 11 is 5.87. The van der Waals surface area contributed by atoms with E-state index in [1.165, 1.54) is 5.56 Å². The van der Waals surface area contributed by atoms with E-state index in [2.05, 4.69) is 11.2 Å². The van der Waals surface area contributed by atoms with E-state index in [9.17, 15) is 4.79 Å². The summed E-state index contributed by atoms with van der Waals surface area (Å²) < 4.78 is 7.29. The van der Waals surface area contributed by atoms with Crippen molar-refractivity contribution in [3.05, 3.63) is 75.9 Å². The number of nitrogens with zero attached hydrogens (tertiary/aromatic N) is 2. The molecule has 0 fully saturated rings. The summed E-state index contributed by atoms with van der Waals surface area (Å²) in [4.78, 5) is 12.4. The number of carbonyl (C=O) groups excluding carboxylic acids is 1. The van der Waals surface area contributed by atoms with Gasteiger partial charge in [-0.2, -0.15) is 5.10 Å². The van der Waals surface area contributed by atoms with Gasteiger partial charge in [0.2, 0.25) is 5.88 Å². The molecule has 0 N–H and O–H groups in total. The Morgan fingerprint density at radius 2 is 1.84 bits per heavy atom. The highest BCUT2D eigenvalue weighted by molar-refractivity contribution is 6.30. The van der Waals surface area contributed by atoms with Crippen molar-refractivity contribution in [1.82, 2.24) is 9.78 Å². The summed E-state index contributed by atoms with van der Waals surface area (Å²) in [7, 11) is 0. The summed E-state index contributed by atoms with van der Waals surface area (Å²) in [5.74, 6) is -0.0333. The molecule has 0 unspecified atom stereocenters. The van der Waals surface area contributed by atoms with E-state index in [1.54, 1.807) is 35.0 Å². The van der Waals surface area contributed by atoms with Crippen molar-refractivity contribution in [2.75, 3.05) is 0 Å². The number of aromatic nitrogens is 2. The average Bonchev–Trinajstić information content (AvgIpc) is 2.98. The topological polar surface area (TPSA) is 44.1 Å². The SMILES string of the molecule is CCc1cc(OC(=O)c2ccc(Cl)cc2)n(-c2ccc(C)cc2C)n1. The first-order valence-electron chi connectivity index (χ1n) is 8.12. The number of hydrogen-bond acceptors (Lipinski definition) is 3. The van der Waals surface area contributed by atoms with Crippen molar-refractivity contribution in [3.63, 3.8) is 0 Å². The Hall–Kier alpha value is -2.59. The van der Waals surface area contributed by atoms with Crippen LogP contribution >= 0.6 is 11.6 Å². The lowest BCUT2D eigenvalue weighted by molar-refractivity contribution is 0.0723. The Balaban J connectivity index is 1.97. The van der Waals surface area contributed by atoms with Gasteiger partial charge in [0.1, 0.15) is 0 Å². The molecule has 0 amide bonds. The number of ether oxygens (including phenoxy) is 1. The molecule has 4 nitrogen and oxygen atoms in total. The van der Waals surface area contributed by atoms with Crippen molar-refractivity contribution in [2.24, 2.45) is 0 Å². The Kier molecular flexibility index (Phi) is 4.91. The van der Waals surface area contributed by atoms with Gasteiger partial charge in [0.25, 0.3) is 0 Å². The van der Waals surface area contributed by atoms with Crippen LogP contribution in [0.1, 0.15) is 34.1 Å². The van der Waals surface area contributed by atoms with E-state index in [-0.39, 0.29) is 0 Å². The maximum absolute atomic E-state index is 12.4. The second kappa shape index (κ2) is 7.11. The van der Waals surface area contributed by atoms with E-state index < -0.39 is 5.97 Å². The van der Waals surface area contributed by atoms with Crippen LogP contribution in [0.15, 0.2) is 48.5 Å². The quantitative estimate of drug-likeness (QED) is 0.624. The third kappa shape index (κ3) is 3.74. The van der Waals surface area contributed by atoms with Crippen molar-refractivity contribution in [1.29, 1.82) is 0 Å². The molecular formula is C20H19ClN2O2. The summed E-state index contributed by atoms with van der Waals surface area (Å²) in [6, 6.07) is 14.5. The van der Waals surface area contributed by atoms with Crippen molar-refractivity contribution >= 4 is 17.6 Å². The van der Waals surface area contributed by atoms with Crippen LogP contribution in [0, 0.1) is 13.8 Å². The standard InChI is InChI=1S/C20H19ClN2O2/c1-4-17-12-19(25-20(24)15-6-8-16(21)9-7-15)23(22-17)18-10-5-13(2)11-14(18)3/h5-12H,4H2,1-3H3. The maximum Gasteiger partial charge on any atom is 0.344 e. The van der Waals surface area contributed by atoms with Crippen molar-refractivity contribution < 1.29 is 9.53 Å². The molecule has 128 valence electrons. The normalized spacial score (nSPS) is 10.7. The highest BCUT2D eigenvalue weighted by Gasteiger charge is 2.16. The van der Waals surface area contributed by atoms with Gasteiger partial charge in [-0.05, 0) is 56.2 Å². The van der Waals surface area contributed by atoms with Gasteiger partial charge in [-0.1, -0.05) is 36.2 Å². The predicted molar refractivity (Wildman–Crippen MR) is 98.8 cm³/mol. The molecule has 5 heteroatoms. The first-order chi connectivity index (χ1) is 12.0. The van der Waals surface area contributed by atoms with E-state index in [4.69, 9.17) is 16.3 Å². The third-order valence-electron chi connectivity index (χ3n) is 3.95. The zero-order chi connectivity index (χ0) is 18.0. The zero-order valence-electron chi connectivity index (χ0n) is 14.4. The molecule has 0 saturated carbocycles. The first-order valence-corrected chi connectivity index (χ1v) is 8.50. The van der Waals surface area contributed by atoms with E-state index >= 15 is 0 Å². The minimum absolute atomic E-state index is 0.406. The molecule has 0 aliphatic heterocycles. The van der Waals surface area contributed by atoms with Crippen LogP contribution in [0.5, 0.6) is 5.88 Å². The lowest BCUT2D eigenvalue weighted by Crippen LogP contribution is -2.12. The molecule has 3 aromatic rings. The number of esters is 1. The van der Waals surface area contributed by atoms with Gasteiger partial charge in [-0.3, -0.25) is 0 Å². The minimum Gasteiger partial charge on any atom is -0.404 e. The van der Waals surface area contributed by atoms with Crippen LogP contribution in [-0.4, -0.2) is 15.7 Å². The molecule has 0 bridgehead atoms.